The highest BCUT2D eigenvalue weighted by Crippen LogP contribution is 2.18. The van der Waals surface area contributed by atoms with Crippen molar-refractivity contribution in [2.24, 2.45) is 0 Å². The number of benzene rings is 2. The van der Waals surface area contributed by atoms with E-state index in [1.54, 1.807) is 31.2 Å². The number of anilines is 2. The van der Waals surface area contributed by atoms with Gasteiger partial charge in [0.25, 0.3) is 5.91 Å². The zero-order chi connectivity index (χ0) is 18.5. The van der Waals surface area contributed by atoms with Crippen molar-refractivity contribution in [3.8, 4) is 11.4 Å². The first-order valence-corrected chi connectivity index (χ1v) is 8.11. The van der Waals surface area contributed by atoms with Gasteiger partial charge in [0.1, 0.15) is 0 Å². The Kier molecular flexibility index (Phi) is 5.03. The fourth-order valence-electron chi connectivity index (χ4n) is 2.49. The van der Waals surface area contributed by atoms with Crippen LogP contribution in [0, 0.1) is 6.92 Å². The molecule has 2 amide bonds. The summed E-state index contributed by atoms with van der Waals surface area (Å²) in [6, 6.07) is 16.5. The van der Waals surface area contributed by atoms with Crippen LogP contribution in [0.3, 0.4) is 0 Å². The Morgan fingerprint density at radius 3 is 2.27 bits per heavy atom. The largest absolute Gasteiger partial charge is 0.326 e. The fraction of sp³-hybridized carbons (Fsp3) is 0.100. The predicted molar refractivity (Wildman–Crippen MR) is 101 cm³/mol. The molecule has 3 aromatic rings. The maximum absolute atomic E-state index is 12.5. The molecule has 0 radical (unpaired) electrons. The van der Waals surface area contributed by atoms with Crippen molar-refractivity contribution in [3.05, 3.63) is 72.1 Å². The van der Waals surface area contributed by atoms with Gasteiger partial charge in [-0.3, -0.25) is 9.59 Å². The van der Waals surface area contributed by atoms with E-state index in [0.29, 0.717) is 28.5 Å². The first-order chi connectivity index (χ1) is 12.5. The quantitative estimate of drug-likeness (QED) is 0.755. The molecule has 0 aliphatic carbocycles. The Morgan fingerprint density at radius 2 is 1.62 bits per heavy atom. The van der Waals surface area contributed by atoms with Gasteiger partial charge in [0.2, 0.25) is 5.91 Å². The second kappa shape index (κ2) is 7.57. The summed E-state index contributed by atoms with van der Waals surface area (Å²) in [5, 5.41) is 5.48. The average Bonchev–Trinajstić information content (AvgIpc) is 2.62. The van der Waals surface area contributed by atoms with Crippen molar-refractivity contribution in [1.29, 1.82) is 0 Å². The van der Waals surface area contributed by atoms with Crippen LogP contribution in [-0.4, -0.2) is 21.8 Å². The lowest BCUT2D eigenvalue weighted by Gasteiger charge is -2.10. The summed E-state index contributed by atoms with van der Waals surface area (Å²) >= 11 is 0. The summed E-state index contributed by atoms with van der Waals surface area (Å²) in [5.41, 5.74) is 3.07. The number of amides is 2. The van der Waals surface area contributed by atoms with Gasteiger partial charge in [-0.25, -0.2) is 9.97 Å². The van der Waals surface area contributed by atoms with E-state index in [0.717, 1.165) is 5.56 Å². The lowest BCUT2D eigenvalue weighted by atomic mass is 10.1. The maximum atomic E-state index is 12.5. The molecule has 2 aromatic carbocycles. The molecule has 1 heterocycles. The molecule has 6 heteroatoms. The maximum Gasteiger partial charge on any atom is 0.259 e. The highest BCUT2D eigenvalue weighted by molar-refractivity contribution is 6.05. The van der Waals surface area contributed by atoms with Gasteiger partial charge >= 0.3 is 0 Å². The van der Waals surface area contributed by atoms with E-state index in [1.807, 2.05) is 30.3 Å². The molecule has 0 saturated heterocycles. The van der Waals surface area contributed by atoms with Crippen molar-refractivity contribution in [2.45, 2.75) is 13.8 Å². The van der Waals surface area contributed by atoms with Crippen LogP contribution in [0.5, 0.6) is 0 Å². The van der Waals surface area contributed by atoms with Gasteiger partial charge in [-0.05, 0) is 25.1 Å². The second-order valence-corrected chi connectivity index (χ2v) is 5.77. The lowest BCUT2D eigenvalue weighted by Crippen LogP contribution is -2.15. The standard InChI is InChI=1S/C20H18N4O2/c1-13-18(12-21-19(22-13)15-7-4-3-5-8-15)20(26)24-17-10-6-9-16(11-17)23-14(2)25/h3-12H,1-2H3,(H,23,25)(H,24,26). The van der Waals surface area contributed by atoms with E-state index in [9.17, 15) is 9.59 Å². The van der Waals surface area contributed by atoms with Crippen molar-refractivity contribution >= 4 is 23.2 Å². The van der Waals surface area contributed by atoms with Crippen LogP contribution in [-0.2, 0) is 4.79 Å². The fourth-order valence-corrected chi connectivity index (χ4v) is 2.49. The van der Waals surface area contributed by atoms with Crippen molar-refractivity contribution < 1.29 is 9.59 Å². The SMILES string of the molecule is CC(=O)Nc1cccc(NC(=O)c2cnc(-c3ccccc3)nc2C)c1. The normalized spacial score (nSPS) is 10.2. The summed E-state index contributed by atoms with van der Waals surface area (Å²) in [5.74, 6) is 0.101. The zero-order valence-corrected chi connectivity index (χ0v) is 14.5. The first kappa shape index (κ1) is 17.3. The molecular formula is C20H18N4O2. The van der Waals surface area contributed by atoms with E-state index in [4.69, 9.17) is 0 Å². The molecule has 0 saturated carbocycles. The highest BCUT2D eigenvalue weighted by Gasteiger charge is 2.13. The molecule has 0 unspecified atom stereocenters. The number of aryl methyl sites for hydroxylation is 1. The molecule has 130 valence electrons. The molecule has 0 aliphatic rings. The van der Waals surface area contributed by atoms with E-state index in [-0.39, 0.29) is 11.8 Å². The Labute approximate surface area is 151 Å². The van der Waals surface area contributed by atoms with Gasteiger partial charge in [0, 0.05) is 30.1 Å². The molecule has 0 fully saturated rings. The number of carbonyl (C=O) groups is 2. The molecule has 26 heavy (non-hydrogen) atoms. The second-order valence-electron chi connectivity index (χ2n) is 5.77. The third-order valence-corrected chi connectivity index (χ3v) is 3.70. The topological polar surface area (TPSA) is 84.0 Å². The van der Waals surface area contributed by atoms with Crippen molar-refractivity contribution in [1.82, 2.24) is 9.97 Å². The van der Waals surface area contributed by atoms with E-state index >= 15 is 0 Å². The van der Waals surface area contributed by atoms with Crippen LogP contribution in [0.15, 0.2) is 60.8 Å². The Hall–Kier alpha value is -3.54. The number of rotatable bonds is 4. The Balaban J connectivity index is 1.79. The number of carbonyl (C=O) groups excluding carboxylic acids is 2. The van der Waals surface area contributed by atoms with E-state index < -0.39 is 0 Å². The van der Waals surface area contributed by atoms with Crippen LogP contribution in [0.25, 0.3) is 11.4 Å². The number of aromatic nitrogens is 2. The molecule has 2 N–H and O–H groups in total. The lowest BCUT2D eigenvalue weighted by molar-refractivity contribution is -0.114. The van der Waals surface area contributed by atoms with Crippen molar-refractivity contribution in [2.75, 3.05) is 10.6 Å². The van der Waals surface area contributed by atoms with Gasteiger partial charge in [0.15, 0.2) is 5.82 Å². The third-order valence-electron chi connectivity index (χ3n) is 3.70. The van der Waals surface area contributed by atoms with Gasteiger partial charge < -0.3 is 10.6 Å². The van der Waals surface area contributed by atoms with Crippen LogP contribution >= 0.6 is 0 Å². The third kappa shape index (κ3) is 4.10. The van der Waals surface area contributed by atoms with Crippen molar-refractivity contribution in [3.63, 3.8) is 0 Å². The molecule has 0 atom stereocenters. The zero-order valence-electron chi connectivity index (χ0n) is 14.5. The van der Waals surface area contributed by atoms with Gasteiger partial charge in [0.05, 0.1) is 11.3 Å². The van der Waals surface area contributed by atoms with Gasteiger partial charge in [-0.1, -0.05) is 36.4 Å². The first-order valence-electron chi connectivity index (χ1n) is 8.11. The van der Waals surface area contributed by atoms with E-state index in [2.05, 4.69) is 20.6 Å². The predicted octanol–water partition coefficient (Wildman–Crippen LogP) is 3.66. The summed E-state index contributed by atoms with van der Waals surface area (Å²) in [6.45, 7) is 3.21. The van der Waals surface area contributed by atoms with Crippen LogP contribution in [0.2, 0.25) is 0 Å². The molecule has 0 aliphatic heterocycles. The minimum absolute atomic E-state index is 0.172. The molecule has 0 spiro atoms. The molecule has 3 rings (SSSR count). The molecule has 1 aromatic heterocycles. The highest BCUT2D eigenvalue weighted by atomic mass is 16.2. The number of nitrogens with zero attached hydrogens (tertiary/aromatic N) is 2. The summed E-state index contributed by atoms with van der Waals surface area (Å²) in [6.07, 6.45) is 1.53. The smallest absolute Gasteiger partial charge is 0.259 e. The van der Waals surface area contributed by atoms with Gasteiger partial charge in [-0.15, -0.1) is 0 Å². The average molecular weight is 346 g/mol. The number of nitrogens with one attached hydrogen (secondary N) is 2. The van der Waals surface area contributed by atoms with Crippen LogP contribution < -0.4 is 10.6 Å². The molecular weight excluding hydrogens is 328 g/mol. The minimum atomic E-state index is -0.304. The molecule has 6 nitrogen and oxygen atoms in total. The van der Waals surface area contributed by atoms with Gasteiger partial charge in [-0.2, -0.15) is 0 Å². The molecule has 0 bridgehead atoms. The summed E-state index contributed by atoms with van der Waals surface area (Å²) < 4.78 is 0. The van der Waals surface area contributed by atoms with Crippen LogP contribution in [0.4, 0.5) is 11.4 Å². The Bertz CT molecular complexity index is 955. The monoisotopic (exact) mass is 346 g/mol. The summed E-state index contributed by atoms with van der Waals surface area (Å²) in [7, 11) is 0. The summed E-state index contributed by atoms with van der Waals surface area (Å²) in [4.78, 5) is 32.4. The minimum Gasteiger partial charge on any atom is -0.326 e. The Morgan fingerprint density at radius 1 is 0.923 bits per heavy atom. The van der Waals surface area contributed by atoms with E-state index in [1.165, 1.54) is 13.1 Å². The number of hydrogen-bond donors (Lipinski definition) is 2. The van der Waals surface area contributed by atoms with Crippen LogP contribution in [0.1, 0.15) is 23.0 Å². The number of hydrogen-bond acceptors (Lipinski definition) is 4.